The van der Waals surface area contributed by atoms with Gasteiger partial charge in [-0.2, -0.15) is 0 Å². The molecule has 0 unspecified atom stereocenters. The van der Waals surface area contributed by atoms with E-state index in [0.717, 1.165) is 10.9 Å². The van der Waals surface area contributed by atoms with E-state index in [9.17, 15) is 13.6 Å². The Labute approximate surface area is 114 Å². The highest BCUT2D eigenvalue weighted by Gasteiger charge is 2.14. The molecule has 2 nitrogen and oxygen atoms in total. The van der Waals surface area contributed by atoms with E-state index in [1.54, 1.807) is 6.92 Å². The van der Waals surface area contributed by atoms with Gasteiger partial charge in [0.05, 0.1) is 12.5 Å². The molecule has 19 heavy (non-hydrogen) atoms. The van der Waals surface area contributed by atoms with Gasteiger partial charge in [-0.1, -0.05) is 12.1 Å². The normalized spacial score (nSPS) is 12.2. The maximum absolute atomic E-state index is 13.5. The number of rotatable bonds is 4. The van der Waals surface area contributed by atoms with Gasteiger partial charge in [0.15, 0.2) is 0 Å². The second-order valence-corrected chi connectivity index (χ2v) is 5.24. The highest BCUT2D eigenvalue weighted by atomic mass is 32.1. The van der Waals surface area contributed by atoms with Crippen LogP contribution in [0.4, 0.5) is 8.78 Å². The van der Waals surface area contributed by atoms with Gasteiger partial charge in [0, 0.05) is 16.5 Å². The molecule has 2 rings (SSSR count). The Morgan fingerprint density at radius 1 is 1.37 bits per heavy atom. The lowest BCUT2D eigenvalue weighted by molar-refractivity contribution is -0.121. The van der Waals surface area contributed by atoms with E-state index < -0.39 is 17.7 Å². The summed E-state index contributed by atoms with van der Waals surface area (Å²) in [4.78, 5) is 12.7. The second kappa shape index (κ2) is 5.93. The summed E-state index contributed by atoms with van der Waals surface area (Å²) in [5.74, 6) is -1.46. The first-order valence-corrected chi connectivity index (χ1v) is 6.71. The van der Waals surface area contributed by atoms with Crippen LogP contribution >= 0.6 is 11.3 Å². The first-order chi connectivity index (χ1) is 9.06. The Balaban J connectivity index is 2.00. The molecule has 0 radical (unpaired) electrons. The lowest BCUT2D eigenvalue weighted by atomic mass is 10.1. The Hall–Kier alpha value is -1.75. The summed E-state index contributed by atoms with van der Waals surface area (Å²) in [6, 6.07) is 6.59. The summed E-state index contributed by atoms with van der Waals surface area (Å²) < 4.78 is 26.3. The number of amides is 1. The van der Waals surface area contributed by atoms with Crippen molar-refractivity contribution in [2.75, 3.05) is 0 Å². The highest BCUT2D eigenvalue weighted by Crippen LogP contribution is 2.18. The van der Waals surface area contributed by atoms with Gasteiger partial charge >= 0.3 is 0 Å². The SMILES string of the molecule is C[C@@H](NC(=O)Cc1cccs1)c1ccc(F)cc1F. The van der Waals surface area contributed by atoms with Crippen LogP contribution in [0, 0.1) is 11.6 Å². The van der Waals surface area contributed by atoms with Crippen LogP contribution in [0.1, 0.15) is 23.4 Å². The fourth-order valence-electron chi connectivity index (χ4n) is 1.79. The van der Waals surface area contributed by atoms with E-state index in [0.29, 0.717) is 0 Å². The second-order valence-electron chi connectivity index (χ2n) is 4.21. The molecule has 0 fully saturated rings. The lowest BCUT2D eigenvalue weighted by Gasteiger charge is -2.14. The van der Waals surface area contributed by atoms with E-state index >= 15 is 0 Å². The molecule has 0 aliphatic rings. The van der Waals surface area contributed by atoms with Crippen molar-refractivity contribution in [2.24, 2.45) is 0 Å². The fraction of sp³-hybridized carbons (Fsp3) is 0.214. The van der Waals surface area contributed by atoms with Crippen molar-refractivity contribution >= 4 is 17.2 Å². The van der Waals surface area contributed by atoms with Gasteiger partial charge in [0.2, 0.25) is 5.91 Å². The van der Waals surface area contributed by atoms with E-state index in [1.165, 1.54) is 23.5 Å². The molecule has 0 saturated carbocycles. The monoisotopic (exact) mass is 281 g/mol. The smallest absolute Gasteiger partial charge is 0.225 e. The molecule has 1 aromatic heterocycles. The Bertz CT molecular complexity index is 569. The molecule has 5 heteroatoms. The van der Waals surface area contributed by atoms with Gasteiger partial charge in [0.25, 0.3) is 0 Å². The topological polar surface area (TPSA) is 29.1 Å². The van der Waals surface area contributed by atoms with Crippen LogP contribution in [0.2, 0.25) is 0 Å². The number of thiophene rings is 1. The lowest BCUT2D eigenvalue weighted by Crippen LogP contribution is -2.28. The first kappa shape index (κ1) is 13.7. The minimum atomic E-state index is -0.649. The van der Waals surface area contributed by atoms with Crippen LogP contribution in [-0.4, -0.2) is 5.91 Å². The molecule has 100 valence electrons. The van der Waals surface area contributed by atoms with Crippen LogP contribution in [0.15, 0.2) is 35.7 Å². The van der Waals surface area contributed by atoms with Crippen molar-refractivity contribution in [3.8, 4) is 0 Å². The molecule has 1 aromatic carbocycles. The van der Waals surface area contributed by atoms with Crippen molar-refractivity contribution < 1.29 is 13.6 Å². The fourth-order valence-corrected chi connectivity index (χ4v) is 2.50. The molecular weight excluding hydrogens is 268 g/mol. The maximum atomic E-state index is 13.5. The third-order valence-electron chi connectivity index (χ3n) is 2.72. The summed E-state index contributed by atoms with van der Waals surface area (Å²) in [6.45, 7) is 1.67. The molecule has 1 heterocycles. The quantitative estimate of drug-likeness (QED) is 0.913. The van der Waals surface area contributed by atoms with Crippen molar-refractivity contribution in [3.63, 3.8) is 0 Å². The molecule has 0 bridgehead atoms. The number of hydrogen-bond donors (Lipinski definition) is 1. The van der Waals surface area contributed by atoms with E-state index in [1.807, 2.05) is 17.5 Å². The number of nitrogens with one attached hydrogen (secondary N) is 1. The highest BCUT2D eigenvalue weighted by molar-refractivity contribution is 7.10. The van der Waals surface area contributed by atoms with Crippen molar-refractivity contribution in [1.82, 2.24) is 5.32 Å². The van der Waals surface area contributed by atoms with Gasteiger partial charge in [-0.15, -0.1) is 11.3 Å². The minimum Gasteiger partial charge on any atom is -0.349 e. The maximum Gasteiger partial charge on any atom is 0.225 e. The van der Waals surface area contributed by atoms with Gasteiger partial charge in [-0.25, -0.2) is 8.78 Å². The zero-order valence-corrected chi connectivity index (χ0v) is 11.1. The number of benzene rings is 1. The van der Waals surface area contributed by atoms with Crippen LogP contribution in [0.25, 0.3) is 0 Å². The molecule has 1 atom stereocenters. The van der Waals surface area contributed by atoms with Crippen LogP contribution < -0.4 is 5.32 Å². The van der Waals surface area contributed by atoms with Crippen molar-refractivity contribution in [2.45, 2.75) is 19.4 Å². The molecule has 1 amide bonds. The van der Waals surface area contributed by atoms with Crippen molar-refractivity contribution in [1.29, 1.82) is 0 Å². The van der Waals surface area contributed by atoms with Crippen LogP contribution in [0.3, 0.4) is 0 Å². The predicted molar refractivity (Wildman–Crippen MR) is 70.9 cm³/mol. The predicted octanol–water partition coefficient (Wildman–Crippen LogP) is 3.45. The number of carbonyl (C=O) groups is 1. The minimum absolute atomic E-state index is 0.182. The van der Waals surface area contributed by atoms with Gasteiger partial charge in [0.1, 0.15) is 11.6 Å². The van der Waals surface area contributed by atoms with Gasteiger partial charge < -0.3 is 5.32 Å². The summed E-state index contributed by atoms with van der Waals surface area (Å²) in [5, 5.41) is 4.59. The number of carbonyl (C=O) groups excluding carboxylic acids is 1. The summed E-state index contributed by atoms with van der Waals surface area (Å²) in [5.41, 5.74) is 0.279. The largest absolute Gasteiger partial charge is 0.349 e. The average molecular weight is 281 g/mol. The molecule has 1 N–H and O–H groups in total. The molecular formula is C14H13F2NOS. The molecule has 0 spiro atoms. The van der Waals surface area contributed by atoms with E-state index in [4.69, 9.17) is 0 Å². The van der Waals surface area contributed by atoms with Crippen LogP contribution in [-0.2, 0) is 11.2 Å². The summed E-state index contributed by atoms with van der Waals surface area (Å²) >= 11 is 1.49. The molecule has 0 aliphatic heterocycles. The van der Waals surface area contributed by atoms with Crippen molar-refractivity contribution in [3.05, 3.63) is 57.8 Å². The number of hydrogen-bond acceptors (Lipinski definition) is 2. The third kappa shape index (κ3) is 3.61. The third-order valence-corrected chi connectivity index (χ3v) is 3.60. The van der Waals surface area contributed by atoms with Gasteiger partial charge in [-0.05, 0) is 24.4 Å². The first-order valence-electron chi connectivity index (χ1n) is 5.83. The van der Waals surface area contributed by atoms with Gasteiger partial charge in [-0.3, -0.25) is 4.79 Å². The zero-order valence-electron chi connectivity index (χ0n) is 10.3. The van der Waals surface area contributed by atoms with E-state index in [-0.39, 0.29) is 17.9 Å². The molecule has 0 aliphatic carbocycles. The van der Waals surface area contributed by atoms with E-state index in [2.05, 4.69) is 5.32 Å². The Kier molecular flexibility index (Phi) is 4.27. The standard InChI is InChI=1S/C14H13F2NOS/c1-9(12-5-4-10(15)7-13(12)16)17-14(18)8-11-3-2-6-19-11/h2-7,9H,8H2,1H3,(H,17,18)/t9-/m1/s1. The Morgan fingerprint density at radius 3 is 2.79 bits per heavy atom. The van der Waals surface area contributed by atoms with Crippen LogP contribution in [0.5, 0.6) is 0 Å². The molecule has 0 saturated heterocycles. The Morgan fingerprint density at radius 2 is 2.16 bits per heavy atom. The molecule has 2 aromatic rings. The summed E-state index contributed by atoms with van der Waals surface area (Å²) in [6.07, 6.45) is 0.269. The number of halogens is 2. The zero-order chi connectivity index (χ0) is 13.8. The average Bonchev–Trinajstić information content (AvgIpc) is 2.81. The summed E-state index contributed by atoms with van der Waals surface area (Å²) in [7, 11) is 0.